The molecule has 220 valence electrons. The number of halogens is 1. The van der Waals surface area contributed by atoms with Gasteiger partial charge in [0.1, 0.15) is 12.6 Å². The minimum absolute atomic E-state index is 0.0734. The van der Waals surface area contributed by atoms with Gasteiger partial charge in [-0.3, -0.25) is 13.9 Å². The second-order valence-electron chi connectivity index (χ2n) is 9.34. The molecule has 1 atom stereocenters. The lowest BCUT2D eigenvalue weighted by Crippen LogP contribution is -2.51. The summed E-state index contributed by atoms with van der Waals surface area (Å²) in [4.78, 5) is 28.4. The highest BCUT2D eigenvalue weighted by Crippen LogP contribution is 2.32. The Balaban J connectivity index is 2.01. The first-order valence-corrected chi connectivity index (χ1v) is 15.5. The molecule has 0 saturated heterocycles. The zero-order valence-corrected chi connectivity index (χ0v) is 26.1. The van der Waals surface area contributed by atoms with Crippen molar-refractivity contribution in [2.45, 2.75) is 44.2 Å². The number of anilines is 1. The fourth-order valence-electron chi connectivity index (χ4n) is 4.18. The van der Waals surface area contributed by atoms with Crippen LogP contribution in [0.3, 0.4) is 0 Å². The van der Waals surface area contributed by atoms with Crippen LogP contribution in [0.4, 0.5) is 5.69 Å². The number of hydrogen-bond donors (Lipinski definition) is 1. The molecule has 0 aliphatic heterocycles. The van der Waals surface area contributed by atoms with E-state index in [4.69, 9.17) is 9.47 Å². The lowest BCUT2D eigenvalue weighted by molar-refractivity contribution is -0.139. The molecule has 0 heterocycles. The minimum Gasteiger partial charge on any atom is -0.493 e. The Morgan fingerprint density at radius 3 is 2.29 bits per heavy atom. The molecule has 0 aromatic heterocycles. The minimum atomic E-state index is -4.24. The molecule has 1 N–H and O–H groups in total. The van der Waals surface area contributed by atoms with Crippen LogP contribution in [0, 0.1) is 0 Å². The number of nitrogens with zero attached hydrogens (tertiary/aromatic N) is 2. The molecule has 41 heavy (non-hydrogen) atoms. The number of carbonyl (C=O) groups is 2. The lowest BCUT2D eigenvalue weighted by atomic mass is 10.1. The summed E-state index contributed by atoms with van der Waals surface area (Å²) >= 11 is 3.45. The number of ether oxygens (including phenoxy) is 2. The highest BCUT2D eigenvalue weighted by Gasteiger charge is 2.33. The Hall–Kier alpha value is -3.57. The molecule has 0 fully saturated rings. The van der Waals surface area contributed by atoms with Crippen molar-refractivity contribution in [1.29, 1.82) is 0 Å². The van der Waals surface area contributed by atoms with E-state index in [0.29, 0.717) is 18.0 Å². The summed E-state index contributed by atoms with van der Waals surface area (Å²) in [6, 6.07) is 19.2. The Bertz CT molecular complexity index is 1440. The number of sulfonamides is 1. The van der Waals surface area contributed by atoms with Gasteiger partial charge >= 0.3 is 0 Å². The first-order valence-electron chi connectivity index (χ1n) is 13.2. The molecule has 0 saturated carbocycles. The van der Waals surface area contributed by atoms with Crippen LogP contribution in [0.15, 0.2) is 82.2 Å². The van der Waals surface area contributed by atoms with Crippen LogP contribution in [0.1, 0.15) is 32.3 Å². The van der Waals surface area contributed by atoms with Gasteiger partial charge in [0.15, 0.2) is 11.5 Å². The third-order valence-electron chi connectivity index (χ3n) is 6.50. The topological polar surface area (TPSA) is 105 Å². The van der Waals surface area contributed by atoms with Crippen LogP contribution in [0.2, 0.25) is 0 Å². The fourth-order valence-corrected chi connectivity index (χ4v) is 6.05. The van der Waals surface area contributed by atoms with E-state index < -0.39 is 28.5 Å². The average Bonchev–Trinajstić information content (AvgIpc) is 2.98. The van der Waals surface area contributed by atoms with E-state index in [0.717, 1.165) is 27.2 Å². The molecular weight excluding hydrogens is 610 g/mol. The monoisotopic (exact) mass is 645 g/mol. The van der Waals surface area contributed by atoms with Gasteiger partial charge in [0.2, 0.25) is 11.8 Å². The van der Waals surface area contributed by atoms with Crippen LogP contribution in [-0.2, 0) is 26.2 Å². The van der Waals surface area contributed by atoms with Gasteiger partial charge in [-0.25, -0.2) is 8.42 Å². The number of para-hydroxylation sites is 1. The number of hydrogen-bond acceptors (Lipinski definition) is 6. The third-order valence-corrected chi connectivity index (χ3v) is 8.77. The first-order chi connectivity index (χ1) is 19.6. The maximum absolute atomic E-state index is 14.0. The molecule has 3 aromatic carbocycles. The summed E-state index contributed by atoms with van der Waals surface area (Å²) in [5.74, 6) is -0.231. The number of nitrogens with one attached hydrogen (secondary N) is 1. The second-order valence-corrected chi connectivity index (χ2v) is 12.1. The largest absolute Gasteiger partial charge is 0.493 e. The summed E-state index contributed by atoms with van der Waals surface area (Å²) in [5.41, 5.74) is 1.09. The molecule has 0 unspecified atom stereocenters. The molecule has 11 heteroatoms. The molecule has 9 nitrogen and oxygen atoms in total. The van der Waals surface area contributed by atoms with Crippen molar-refractivity contribution >= 4 is 43.5 Å². The van der Waals surface area contributed by atoms with Crippen LogP contribution in [-0.4, -0.2) is 58.5 Å². The Morgan fingerprint density at radius 1 is 0.951 bits per heavy atom. The SMILES string of the molecule is CCCCNC(=O)[C@H](C)N(Cc1cccc(Br)c1)C(=O)CN(c1ccccc1)S(=O)(=O)c1ccc(OC)c(OC)c1. The Morgan fingerprint density at radius 2 is 1.66 bits per heavy atom. The summed E-state index contributed by atoms with van der Waals surface area (Å²) < 4.78 is 40.5. The van der Waals surface area contributed by atoms with Gasteiger partial charge in [-0.1, -0.05) is 59.6 Å². The van der Waals surface area contributed by atoms with Crippen LogP contribution in [0.5, 0.6) is 11.5 Å². The van der Waals surface area contributed by atoms with Crippen LogP contribution < -0.4 is 19.1 Å². The van der Waals surface area contributed by atoms with Crippen LogP contribution in [0.25, 0.3) is 0 Å². The van der Waals surface area contributed by atoms with E-state index in [1.807, 2.05) is 31.2 Å². The van der Waals surface area contributed by atoms with Gasteiger partial charge in [0.25, 0.3) is 10.0 Å². The third kappa shape index (κ3) is 8.23. The summed E-state index contributed by atoms with van der Waals surface area (Å²) in [6.07, 6.45) is 1.72. The van der Waals surface area contributed by atoms with Crippen LogP contribution >= 0.6 is 15.9 Å². The van der Waals surface area contributed by atoms with Crippen molar-refractivity contribution in [3.05, 3.63) is 82.8 Å². The van der Waals surface area contributed by atoms with E-state index in [1.165, 1.54) is 37.3 Å². The standard InChI is InChI=1S/C30H36BrN3O6S/c1-5-6-17-32-30(36)22(2)33(20-23-11-10-12-24(31)18-23)29(35)21-34(25-13-8-7-9-14-25)41(37,38)26-15-16-27(39-3)28(19-26)40-4/h7-16,18-19,22H,5-6,17,20-21H2,1-4H3,(H,32,36)/t22-/m0/s1. The van der Waals surface area contributed by atoms with E-state index in [9.17, 15) is 18.0 Å². The zero-order valence-electron chi connectivity index (χ0n) is 23.7. The lowest BCUT2D eigenvalue weighted by Gasteiger charge is -2.32. The number of unbranched alkanes of at least 4 members (excludes halogenated alkanes) is 1. The van der Waals surface area contributed by atoms with E-state index in [-0.39, 0.29) is 23.1 Å². The van der Waals surface area contributed by atoms with Gasteiger partial charge in [0.05, 0.1) is 24.8 Å². The Labute approximate surface area is 250 Å². The molecule has 0 aliphatic rings. The predicted octanol–water partition coefficient (Wildman–Crippen LogP) is 5.00. The van der Waals surface area contributed by atoms with Crippen molar-refractivity contribution in [2.24, 2.45) is 0 Å². The quantitative estimate of drug-likeness (QED) is 0.248. The first kappa shape index (κ1) is 32.0. The predicted molar refractivity (Wildman–Crippen MR) is 163 cm³/mol. The van der Waals surface area contributed by atoms with Gasteiger partial charge in [-0.15, -0.1) is 0 Å². The molecule has 3 aromatic rings. The number of amides is 2. The van der Waals surface area contributed by atoms with Gasteiger partial charge < -0.3 is 19.7 Å². The summed E-state index contributed by atoms with van der Waals surface area (Å²) in [6.45, 7) is 3.74. The van der Waals surface area contributed by atoms with Crippen molar-refractivity contribution in [3.63, 3.8) is 0 Å². The summed E-state index contributed by atoms with van der Waals surface area (Å²) in [7, 11) is -1.37. The van der Waals surface area contributed by atoms with Crippen molar-refractivity contribution in [1.82, 2.24) is 10.2 Å². The van der Waals surface area contributed by atoms with Gasteiger partial charge in [-0.05, 0) is 55.3 Å². The second kappa shape index (κ2) is 14.9. The normalized spacial score (nSPS) is 11.8. The zero-order chi connectivity index (χ0) is 30.0. The van der Waals surface area contributed by atoms with Gasteiger partial charge in [0, 0.05) is 23.6 Å². The maximum atomic E-state index is 14.0. The number of carbonyl (C=O) groups excluding carboxylic acids is 2. The Kier molecular flexibility index (Phi) is 11.6. The molecule has 0 aliphatic carbocycles. The van der Waals surface area contributed by atoms with E-state index in [2.05, 4.69) is 21.2 Å². The van der Waals surface area contributed by atoms with E-state index in [1.54, 1.807) is 37.3 Å². The smallest absolute Gasteiger partial charge is 0.264 e. The van der Waals surface area contributed by atoms with E-state index >= 15 is 0 Å². The van der Waals surface area contributed by atoms with Crippen molar-refractivity contribution in [3.8, 4) is 11.5 Å². The van der Waals surface area contributed by atoms with Gasteiger partial charge in [-0.2, -0.15) is 0 Å². The molecule has 3 rings (SSSR count). The molecule has 0 radical (unpaired) electrons. The molecule has 2 amide bonds. The van der Waals surface area contributed by atoms with Crippen molar-refractivity contribution in [2.75, 3.05) is 31.6 Å². The molecular formula is C30H36BrN3O6S. The number of methoxy groups -OCH3 is 2. The fraction of sp³-hybridized carbons (Fsp3) is 0.333. The average molecular weight is 647 g/mol. The highest BCUT2D eigenvalue weighted by molar-refractivity contribution is 9.10. The molecule has 0 spiro atoms. The number of benzene rings is 3. The number of rotatable bonds is 14. The molecule has 0 bridgehead atoms. The maximum Gasteiger partial charge on any atom is 0.264 e. The van der Waals surface area contributed by atoms with Crippen molar-refractivity contribution < 1.29 is 27.5 Å². The summed E-state index contributed by atoms with van der Waals surface area (Å²) in [5, 5.41) is 2.88. The highest BCUT2D eigenvalue weighted by atomic mass is 79.9.